The molecule has 0 radical (unpaired) electrons. The molecule has 1 aromatic carbocycles. The number of aromatic nitrogens is 2. The SMILES string of the molecule is Nc1cccc(CNC(=O)c2cncnc2)c1. The monoisotopic (exact) mass is 228 g/mol. The molecule has 0 spiro atoms. The smallest absolute Gasteiger partial charge is 0.254 e. The number of benzene rings is 1. The van der Waals surface area contributed by atoms with E-state index in [2.05, 4.69) is 15.3 Å². The molecule has 0 bridgehead atoms. The van der Waals surface area contributed by atoms with E-state index in [4.69, 9.17) is 5.73 Å². The zero-order valence-electron chi connectivity index (χ0n) is 9.13. The first kappa shape index (κ1) is 11.1. The van der Waals surface area contributed by atoms with Crippen LogP contribution in [0.1, 0.15) is 15.9 Å². The fraction of sp³-hybridized carbons (Fsp3) is 0.0833. The second kappa shape index (κ2) is 5.07. The number of nitrogens with one attached hydrogen (secondary N) is 1. The Hall–Kier alpha value is -2.43. The van der Waals surface area contributed by atoms with Crippen LogP contribution in [-0.2, 0) is 6.54 Å². The molecule has 2 aromatic rings. The van der Waals surface area contributed by atoms with Gasteiger partial charge in [-0.2, -0.15) is 0 Å². The van der Waals surface area contributed by atoms with E-state index in [0.29, 0.717) is 17.8 Å². The van der Waals surface area contributed by atoms with Crippen LogP contribution in [0.15, 0.2) is 43.0 Å². The van der Waals surface area contributed by atoms with E-state index >= 15 is 0 Å². The molecule has 0 saturated heterocycles. The zero-order chi connectivity index (χ0) is 12.1. The average molecular weight is 228 g/mol. The normalized spacial score (nSPS) is 9.88. The number of nitrogens with zero attached hydrogens (tertiary/aromatic N) is 2. The van der Waals surface area contributed by atoms with Crippen LogP contribution in [0.4, 0.5) is 5.69 Å². The summed E-state index contributed by atoms with van der Waals surface area (Å²) in [6, 6.07) is 7.37. The molecular weight excluding hydrogens is 216 g/mol. The first-order chi connectivity index (χ1) is 8.25. The van der Waals surface area contributed by atoms with Gasteiger partial charge in [-0.15, -0.1) is 0 Å². The number of amides is 1. The van der Waals surface area contributed by atoms with Gasteiger partial charge in [0.15, 0.2) is 0 Å². The highest BCUT2D eigenvalue weighted by atomic mass is 16.1. The first-order valence-corrected chi connectivity index (χ1v) is 5.13. The van der Waals surface area contributed by atoms with Crippen LogP contribution >= 0.6 is 0 Å². The number of carbonyl (C=O) groups is 1. The molecule has 5 heteroatoms. The molecular formula is C12H12N4O. The number of rotatable bonds is 3. The third-order valence-electron chi connectivity index (χ3n) is 2.23. The Kier molecular flexibility index (Phi) is 3.30. The Morgan fingerprint density at radius 3 is 2.76 bits per heavy atom. The third kappa shape index (κ3) is 3.01. The highest BCUT2D eigenvalue weighted by Crippen LogP contribution is 2.06. The van der Waals surface area contributed by atoms with Gasteiger partial charge in [0.05, 0.1) is 5.56 Å². The summed E-state index contributed by atoms with van der Waals surface area (Å²) < 4.78 is 0. The Morgan fingerprint density at radius 2 is 2.06 bits per heavy atom. The molecule has 1 amide bonds. The summed E-state index contributed by atoms with van der Waals surface area (Å²) in [4.78, 5) is 19.2. The quantitative estimate of drug-likeness (QED) is 0.767. The lowest BCUT2D eigenvalue weighted by molar-refractivity contribution is 0.0950. The van der Waals surface area contributed by atoms with E-state index in [1.54, 1.807) is 6.07 Å². The van der Waals surface area contributed by atoms with Crippen molar-refractivity contribution in [2.45, 2.75) is 6.54 Å². The minimum Gasteiger partial charge on any atom is -0.399 e. The van der Waals surface area contributed by atoms with Gasteiger partial charge >= 0.3 is 0 Å². The van der Waals surface area contributed by atoms with Gasteiger partial charge in [0.2, 0.25) is 0 Å². The summed E-state index contributed by atoms with van der Waals surface area (Å²) in [6.07, 6.45) is 4.33. The summed E-state index contributed by atoms with van der Waals surface area (Å²) in [7, 11) is 0. The number of nitrogens with two attached hydrogens (primary N) is 1. The van der Waals surface area contributed by atoms with Gasteiger partial charge in [-0.05, 0) is 17.7 Å². The zero-order valence-corrected chi connectivity index (χ0v) is 9.13. The highest BCUT2D eigenvalue weighted by molar-refractivity contribution is 5.93. The highest BCUT2D eigenvalue weighted by Gasteiger charge is 2.04. The van der Waals surface area contributed by atoms with E-state index in [-0.39, 0.29) is 5.91 Å². The van der Waals surface area contributed by atoms with Crippen molar-refractivity contribution in [1.29, 1.82) is 0 Å². The third-order valence-corrected chi connectivity index (χ3v) is 2.23. The average Bonchev–Trinajstić information content (AvgIpc) is 2.37. The Morgan fingerprint density at radius 1 is 1.29 bits per heavy atom. The van der Waals surface area contributed by atoms with E-state index in [1.165, 1.54) is 18.7 Å². The van der Waals surface area contributed by atoms with Gasteiger partial charge in [-0.1, -0.05) is 12.1 Å². The van der Waals surface area contributed by atoms with Crippen LogP contribution in [0.5, 0.6) is 0 Å². The Bertz CT molecular complexity index is 513. The maximum absolute atomic E-state index is 11.7. The summed E-state index contributed by atoms with van der Waals surface area (Å²) >= 11 is 0. The van der Waals surface area contributed by atoms with Gasteiger partial charge in [-0.3, -0.25) is 4.79 Å². The van der Waals surface area contributed by atoms with E-state index < -0.39 is 0 Å². The first-order valence-electron chi connectivity index (χ1n) is 5.13. The molecule has 17 heavy (non-hydrogen) atoms. The molecule has 86 valence electrons. The lowest BCUT2D eigenvalue weighted by Crippen LogP contribution is -2.23. The van der Waals surface area contributed by atoms with E-state index in [9.17, 15) is 4.79 Å². The molecule has 5 nitrogen and oxygen atoms in total. The predicted octanol–water partition coefficient (Wildman–Crippen LogP) is 0.989. The van der Waals surface area contributed by atoms with Crippen molar-refractivity contribution in [3.63, 3.8) is 0 Å². The number of carbonyl (C=O) groups excluding carboxylic acids is 1. The summed E-state index contributed by atoms with van der Waals surface area (Å²) in [5.74, 6) is -0.201. The number of nitrogen functional groups attached to an aromatic ring is 1. The number of anilines is 1. The van der Waals surface area contributed by atoms with Crippen molar-refractivity contribution in [2.24, 2.45) is 0 Å². The van der Waals surface area contributed by atoms with Gasteiger partial charge < -0.3 is 11.1 Å². The van der Waals surface area contributed by atoms with Crippen molar-refractivity contribution in [2.75, 3.05) is 5.73 Å². The Balaban J connectivity index is 1.97. The van der Waals surface area contributed by atoms with Crippen molar-refractivity contribution in [3.05, 3.63) is 54.1 Å². The lowest BCUT2D eigenvalue weighted by Gasteiger charge is -2.05. The van der Waals surface area contributed by atoms with Crippen LogP contribution in [-0.4, -0.2) is 15.9 Å². The molecule has 0 aliphatic carbocycles. The fourth-order valence-electron chi connectivity index (χ4n) is 1.40. The van der Waals surface area contributed by atoms with Crippen molar-refractivity contribution < 1.29 is 4.79 Å². The topological polar surface area (TPSA) is 80.9 Å². The van der Waals surface area contributed by atoms with Crippen LogP contribution in [0.2, 0.25) is 0 Å². The van der Waals surface area contributed by atoms with Gasteiger partial charge in [0.1, 0.15) is 6.33 Å². The van der Waals surface area contributed by atoms with Gasteiger partial charge in [0, 0.05) is 24.6 Å². The van der Waals surface area contributed by atoms with Crippen molar-refractivity contribution in [3.8, 4) is 0 Å². The van der Waals surface area contributed by atoms with Crippen LogP contribution in [0.3, 0.4) is 0 Å². The van der Waals surface area contributed by atoms with Crippen molar-refractivity contribution in [1.82, 2.24) is 15.3 Å². The minimum atomic E-state index is -0.201. The number of hydrogen-bond acceptors (Lipinski definition) is 4. The molecule has 1 heterocycles. The molecule has 0 fully saturated rings. The predicted molar refractivity (Wildman–Crippen MR) is 64.1 cm³/mol. The van der Waals surface area contributed by atoms with Crippen LogP contribution in [0.25, 0.3) is 0 Å². The minimum absolute atomic E-state index is 0.201. The second-order valence-electron chi connectivity index (χ2n) is 3.55. The fourth-order valence-corrected chi connectivity index (χ4v) is 1.40. The molecule has 2 rings (SSSR count). The van der Waals surface area contributed by atoms with Gasteiger partial charge in [-0.25, -0.2) is 9.97 Å². The molecule has 0 atom stereocenters. The molecule has 0 unspecified atom stereocenters. The number of hydrogen-bond donors (Lipinski definition) is 2. The maximum Gasteiger partial charge on any atom is 0.254 e. The van der Waals surface area contributed by atoms with E-state index in [1.807, 2.05) is 18.2 Å². The van der Waals surface area contributed by atoms with Crippen molar-refractivity contribution >= 4 is 11.6 Å². The van der Waals surface area contributed by atoms with Crippen LogP contribution in [0, 0.1) is 0 Å². The summed E-state index contributed by atoms with van der Waals surface area (Å²) in [6.45, 7) is 0.429. The van der Waals surface area contributed by atoms with E-state index in [0.717, 1.165) is 5.56 Å². The largest absolute Gasteiger partial charge is 0.399 e. The van der Waals surface area contributed by atoms with Gasteiger partial charge in [0.25, 0.3) is 5.91 Å². The molecule has 0 aliphatic heterocycles. The maximum atomic E-state index is 11.7. The molecule has 3 N–H and O–H groups in total. The second-order valence-corrected chi connectivity index (χ2v) is 3.55. The summed E-state index contributed by atoms with van der Waals surface area (Å²) in [5.41, 5.74) is 7.72. The van der Waals surface area contributed by atoms with Crippen LogP contribution < -0.4 is 11.1 Å². The molecule has 0 saturated carbocycles. The molecule has 1 aromatic heterocycles. The lowest BCUT2D eigenvalue weighted by atomic mass is 10.2. The summed E-state index contributed by atoms with van der Waals surface area (Å²) in [5, 5.41) is 2.77. The molecule has 0 aliphatic rings. The standard InChI is InChI=1S/C12H12N4O/c13-11-3-1-2-9(4-11)5-16-12(17)10-6-14-8-15-7-10/h1-4,6-8H,5,13H2,(H,16,17). The Labute approximate surface area is 98.7 Å².